The first-order chi connectivity index (χ1) is 8.32. The van der Waals surface area contributed by atoms with Crippen molar-refractivity contribution in [2.24, 2.45) is 5.92 Å². The summed E-state index contributed by atoms with van der Waals surface area (Å²) in [5, 5.41) is 10.1. The summed E-state index contributed by atoms with van der Waals surface area (Å²) in [4.78, 5) is 21.8. The van der Waals surface area contributed by atoms with Crippen LogP contribution in [0.1, 0.15) is 27.7 Å². The largest absolute Gasteiger partial charge is 0.463 e. The molecule has 0 aromatic carbocycles. The first kappa shape index (κ1) is 14.9. The van der Waals surface area contributed by atoms with Gasteiger partial charge in [-0.05, 0) is 6.92 Å². The maximum atomic E-state index is 11.0. The van der Waals surface area contributed by atoms with Crippen molar-refractivity contribution in [1.82, 2.24) is 0 Å². The minimum absolute atomic E-state index is 0.0503. The predicted octanol–water partition coefficient (Wildman–Crippen LogP) is 0.265. The minimum atomic E-state index is -1.00. The Hall–Kier alpha value is -1.14. The van der Waals surface area contributed by atoms with Crippen molar-refractivity contribution in [1.29, 1.82) is 0 Å². The van der Waals surface area contributed by atoms with Crippen LogP contribution >= 0.6 is 0 Å². The number of hydrogen-bond acceptors (Lipinski definition) is 6. The third kappa shape index (κ3) is 3.68. The van der Waals surface area contributed by atoms with E-state index in [4.69, 9.17) is 14.2 Å². The van der Waals surface area contributed by atoms with Crippen molar-refractivity contribution in [2.75, 3.05) is 6.61 Å². The van der Waals surface area contributed by atoms with Crippen LogP contribution in [-0.4, -0.2) is 48.1 Å². The summed E-state index contributed by atoms with van der Waals surface area (Å²) in [6.45, 7) is 6.19. The summed E-state index contributed by atoms with van der Waals surface area (Å²) < 4.78 is 15.5. The van der Waals surface area contributed by atoms with Gasteiger partial charge in [-0.3, -0.25) is 9.59 Å². The van der Waals surface area contributed by atoms with E-state index in [0.29, 0.717) is 0 Å². The molecule has 0 aliphatic carbocycles. The molecule has 1 aliphatic heterocycles. The van der Waals surface area contributed by atoms with Gasteiger partial charge in [-0.2, -0.15) is 0 Å². The van der Waals surface area contributed by atoms with E-state index in [9.17, 15) is 14.7 Å². The standard InChI is InChI=1S/C12H20O6/c1-6-7(2)17-10(5-16-8(3)13)11(15)12(6)18-9(4)14/h6-7,10-12,15H,5H2,1-4H3/t6?,7-,10?,11-,12?/m1/s1. The van der Waals surface area contributed by atoms with Crippen LogP contribution in [0.25, 0.3) is 0 Å². The van der Waals surface area contributed by atoms with Crippen LogP contribution in [0.15, 0.2) is 0 Å². The van der Waals surface area contributed by atoms with Crippen molar-refractivity contribution < 1.29 is 28.9 Å². The third-order valence-electron chi connectivity index (χ3n) is 3.12. The van der Waals surface area contributed by atoms with Gasteiger partial charge in [0, 0.05) is 19.8 Å². The van der Waals surface area contributed by atoms with Crippen LogP contribution in [0.4, 0.5) is 0 Å². The number of ether oxygens (including phenoxy) is 3. The number of aliphatic hydroxyl groups excluding tert-OH is 1. The molecule has 3 unspecified atom stereocenters. The van der Waals surface area contributed by atoms with Crippen molar-refractivity contribution >= 4 is 11.9 Å². The van der Waals surface area contributed by atoms with E-state index in [0.717, 1.165) is 0 Å². The Morgan fingerprint density at radius 1 is 1.22 bits per heavy atom. The second kappa shape index (κ2) is 6.15. The molecule has 6 heteroatoms. The van der Waals surface area contributed by atoms with E-state index in [2.05, 4.69) is 0 Å². The lowest BCUT2D eigenvalue weighted by Gasteiger charge is -2.41. The minimum Gasteiger partial charge on any atom is -0.463 e. The average molecular weight is 260 g/mol. The lowest BCUT2D eigenvalue weighted by Crippen LogP contribution is -2.55. The molecule has 6 nitrogen and oxygen atoms in total. The quantitative estimate of drug-likeness (QED) is 0.733. The van der Waals surface area contributed by atoms with E-state index in [1.807, 2.05) is 13.8 Å². The van der Waals surface area contributed by atoms with E-state index < -0.39 is 30.3 Å². The van der Waals surface area contributed by atoms with Crippen LogP contribution in [0.3, 0.4) is 0 Å². The Bertz CT molecular complexity index is 316. The van der Waals surface area contributed by atoms with Crippen LogP contribution in [-0.2, 0) is 23.8 Å². The van der Waals surface area contributed by atoms with E-state index >= 15 is 0 Å². The molecular formula is C12H20O6. The number of carbonyl (C=O) groups is 2. The normalized spacial score (nSPS) is 35.9. The lowest BCUT2D eigenvalue weighted by atomic mass is 9.89. The van der Waals surface area contributed by atoms with Gasteiger partial charge in [0.1, 0.15) is 24.9 Å². The zero-order valence-electron chi connectivity index (χ0n) is 11.1. The summed E-state index contributed by atoms with van der Waals surface area (Å²) in [6.07, 6.45) is -2.52. The Kier molecular flexibility index (Phi) is 5.10. The molecule has 1 saturated heterocycles. The van der Waals surface area contributed by atoms with Gasteiger partial charge in [0.25, 0.3) is 0 Å². The van der Waals surface area contributed by atoms with Gasteiger partial charge in [0.2, 0.25) is 0 Å². The molecular weight excluding hydrogens is 240 g/mol. The molecule has 1 fully saturated rings. The van der Waals surface area contributed by atoms with Gasteiger partial charge in [-0.1, -0.05) is 6.92 Å². The van der Waals surface area contributed by atoms with E-state index in [-0.39, 0.29) is 18.6 Å². The highest BCUT2D eigenvalue weighted by molar-refractivity contribution is 5.66. The molecule has 1 aliphatic rings. The maximum Gasteiger partial charge on any atom is 0.303 e. The third-order valence-corrected chi connectivity index (χ3v) is 3.12. The van der Waals surface area contributed by atoms with E-state index in [1.54, 1.807) is 0 Å². The topological polar surface area (TPSA) is 82.1 Å². The summed E-state index contributed by atoms with van der Waals surface area (Å²) in [6, 6.07) is 0. The fourth-order valence-electron chi connectivity index (χ4n) is 1.98. The van der Waals surface area contributed by atoms with Crippen LogP contribution in [0, 0.1) is 5.92 Å². The molecule has 5 atom stereocenters. The number of aliphatic hydroxyl groups is 1. The zero-order chi connectivity index (χ0) is 13.9. The van der Waals surface area contributed by atoms with Crippen molar-refractivity contribution in [3.8, 4) is 0 Å². The number of esters is 2. The highest BCUT2D eigenvalue weighted by Gasteiger charge is 2.43. The van der Waals surface area contributed by atoms with Crippen LogP contribution < -0.4 is 0 Å². The molecule has 104 valence electrons. The van der Waals surface area contributed by atoms with Gasteiger partial charge in [-0.15, -0.1) is 0 Å². The summed E-state index contributed by atoms with van der Waals surface area (Å²) >= 11 is 0. The molecule has 0 spiro atoms. The van der Waals surface area contributed by atoms with Crippen LogP contribution in [0.2, 0.25) is 0 Å². The summed E-state index contributed by atoms with van der Waals surface area (Å²) in [5.41, 5.74) is 0. The molecule has 1 heterocycles. The van der Waals surface area contributed by atoms with Gasteiger partial charge in [0.15, 0.2) is 0 Å². The van der Waals surface area contributed by atoms with Crippen molar-refractivity contribution in [3.63, 3.8) is 0 Å². The van der Waals surface area contributed by atoms with Crippen LogP contribution in [0.5, 0.6) is 0 Å². The van der Waals surface area contributed by atoms with Gasteiger partial charge < -0.3 is 19.3 Å². The number of carbonyl (C=O) groups excluding carboxylic acids is 2. The smallest absolute Gasteiger partial charge is 0.303 e. The Balaban J connectivity index is 2.70. The monoisotopic (exact) mass is 260 g/mol. The highest BCUT2D eigenvalue weighted by Crippen LogP contribution is 2.28. The van der Waals surface area contributed by atoms with E-state index in [1.165, 1.54) is 13.8 Å². The number of hydrogen-bond donors (Lipinski definition) is 1. The van der Waals surface area contributed by atoms with Crippen molar-refractivity contribution in [3.05, 3.63) is 0 Å². The summed E-state index contributed by atoms with van der Waals surface area (Å²) in [7, 11) is 0. The molecule has 0 radical (unpaired) electrons. The lowest BCUT2D eigenvalue weighted by molar-refractivity contribution is -0.217. The first-order valence-electron chi connectivity index (χ1n) is 5.97. The van der Waals surface area contributed by atoms with Gasteiger partial charge in [-0.25, -0.2) is 0 Å². The highest BCUT2D eigenvalue weighted by atomic mass is 16.6. The molecule has 0 aromatic heterocycles. The molecule has 1 rings (SSSR count). The van der Waals surface area contributed by atoms with Gasteiger partial charge in [0.05, 0.1) is 6.10 Å². The first-order valence-corrected chi connectivity index (χ1v) is 5.97. The maximum absolute atomic E-state index is 11.0. The summed E-state index contributed by atoms with van der Waals surface area (Å²) in [5.74, 6) is -1.02. The SMILES string of the molecule is CC(=O)OCC1O[C@H](C)C(C)C(OC(C)=O)[C@@H]1O. The molecule has 0 bridgehead atoms. The molecule has 0 amide bonds. The fraction of sp³-hybridized carbons (Fsp3) is 0.833. The molecule has 1 N–H and O–H groups in total. The fourth-order valence-corrected chi connectivity index (χ4v) is 1.98. The second-order valence-electron chi connectivity index (χ2n) is 4.61. The van der Waals surface area contributed by atoms with Gasteiger partial charge >= 0.3 is 11.9 Å². The van der Waals surface area contributed by atoms with Crippen molar-refractivity contribution in [2.45, 2.75) is 52.1 Å². The molecule has 0 aromatic rings. The second-order valence-corrected chi connectivity index (χ2v) is 4.61. The average Bonchev–Trinajstić information content (AvgIpc) is 2.27. The Labute approximate surface area is 106 Å². The predicted molar refractivity (Wildman–Crippen MR) is 61.7 cm³/mol. The Morgan fingerprint density at radius 2 is 1.83 bits per heavy atom. The zero-order valence-corrected chi connectivity index (χ0v) is 11.1. The molecule has 18 heavy (non-hydrogen) atoms. The molecule has 0 saturated carbocycles. The number of rotatable bonds is 3. The Morgan fingerprint density at radius 3 is 2.33 bits per heavy atom.